The summed E-state index contributed by atoms with van der Waals surface area (Å²) in [5, 5.41) is 4.60. The maximum atomic E-state index is 12.0. The molecule has 5 nitrogen and oxygen atoms in total. The second-order valence-corrected chi connectivity index (χ2v) is 8.08. The van der Waals surface area contributed by atoms with Crippen LogP contribution in [0.5, 0.6) is 0 Å². The van der Waals surface area contributed by atoms with Gasteiger partial charge in [0.2, 0.25) is 0 Å². The number of aryl methyl sites for hydroxylation is 1. The van der Waals surface area contributed by atoms with Gasteiger partial charge in [-0.2, -0.15) is 10.1 Å². The molecule has 1 fully saturated rings. The molecule has 6 heteroatoms. The third kappa shape index (κ3) is 2.59. The van der Waals surface area contributed by atoms with E-state index in [9.17, 15) is 4.79 Å². The van der Waals surface area contributed by atoms with Crippen molar-refractivity contribution in [1.29, 1.82) is 0 Å². The van der Waals surface area contributed by atoms with Crippen LogP contribution in [-0.4, -0.2) is 20.3 Å². The van der Waals surface area contributed by atoms with E-state index in [1.165, 1.54) is 21.8 Å². The van der Waals surface area contributed by atoms with Crippen molar-refractivity contribution in [3.8, 4) is 11.3 Å². The van der Waals surface area contributed by atoms with Crippen LogP contribution in [-0.2, 0) is 31.2 Å². The predicted octanol–water partition coefficient (Wildman–Crippen LogP) is 2.54. The molecule has 4 rings (SSSR count). The van der Waals surface area contributed by atoms with Crippen LogP contribution in [0.15, 0.2) is 11.2 Å². The third-order valence-corrected chi connectivity index (χ3v) is 5.76. The number of hydrogen-bond donors (Lipinski definition) is 0. The van der Waals surface area contributed by atoms with Gasteiger partial charge < -0.3 is 4.57 Å². The van der Waals surface area contributed by atoms with E-state index in [0.29, 0.717) is 5.92 Å². The molecule has 2 aliphatic carbocycles. The molecule has 1 amide bonds. The number of rotatable bonds is 3. The minimum atomic E-state index is 0.0509. The average Bonchev–Trinajstić information content (AvgIpc) is 3.22. The van der Waals surface area contributed by atoms with E-state index >= 15 is 0 Å². The summed E-state index contributed by atoms with van der Waals surface area (Å²) in [4.78, 5) is 18.5. The molecule has 23 heavy (non-hydrogen) atoms. The maximum Gasteiger partial charge on any atom is 0.251 e. The zero-order chi connectivity index (χ0) is 16.1. The molecule has 0 unspecified atom stereocenters. The third-order valence-electron chi connectivity index (χ3n) is 4.56. The van der Waals surface area contributed by atoms with Gasteiger partial charge in [-0.15, -0.1) is 11.3 Å². The maximum absolute atomic E-state index is 12.0. The second kappa shape index (κ2) is 5.44. The summed E-state index contributed by atoms with van der Waals surface area (Å²) in [6.07, 6.45) is 6.02. The lowest BCUT2D eigenvalue weighted by atomic mass is 10.00. The Morgan fingerprint density at radius 2 is 2.22 bits per heavy atom. The Morgan fingerprint density at radius 3 is 2.91 bits per heavy atom. The SMILES string of the molecule is CC(C)Cn1ncc2c1CCc1sc(=NC(=O)C3CC3)n(C)c1-2. The summed E-state index contributed by atoms with van der Waals surface area (Å²) in [6.45, 7) is 5.39. The molecule has 2 heterocycles. The highest BCUT2D eigenvalue weighted by atomic mass is 32.1. The van der Waals surface area contributed by atoms with Crippen molar-refractivity contribution in [3.05, 3.63) is 21.6 Å². The van der Waals surface area contributed by atoms with Crippen molar-refractivity contribution >= 4 is 17.2 Å². The standard InChI is InChI=1S/C17H22N4OS/c1-10(2)9-21-13-6-7-14-15(12(13)8-18-21)20(3)17(23-14)19-16(22)11-4-5-11/h8,10-11H,4-7,9H2,1-3H3. The number of carbonyl (C=O) groups is 1. The topological polar surface area (TPSA) is 52.2 Å². The van der Waals surface area contributed by atoms with Crippen LogP contribution in [0.2, 0.25) is 0 Å². The molecule has 0 aliphatic heterocycles. The van der Waals surface area contributed by atoms with Gasteiger partial charge >= 0.3 is 0 Å². The molecule has 0 aromatic carbocycles. The molecule has 2 aromatic heterocycles. The fourth-order valence-corrected chi connectivity index (χ4v) is 4.36. The molecule has 2 aliphatic rings. The van der Waals surface area contributed by atoms with E-state index < -0.39 is 0 Å². The van der Waals surface area contributed by atoms with Gasteiger partial charge in [0, 0.05) is 35.6 Å². The molecule has 1 saturated carbocycles. The quantitative estimate of drug-likeness (QED) is 0.868. The fourth-order valence-electron chi connectivity index (χ4n) is 3.23. The number of hydrogen-bond acceptors (Lipinski definition) is 3. The highest BCUT2D eigenvalue weighted by molar-refractivity contribution is 7.09. The van der Waals surface area contributed by atoms with Crippen LogP contribution in [0.1, 0.15) is 37.3 Å². The monoisotopic (exact) mass is 330 g/mol. The molecule has 0 spiro atoms. The minimum absolute atomic E-state index is 0.0509. The first-order valence-electron chi connectivity index (χ1n) is 8.37. The number of fused-ring (bicyclic) bond motifs is 3. The largest absolute Gasteiger partial charge is 0.319 e. The van der Waals surface area contributed by atoms with Crippen LogP contribution in [0.25, 0.3) is 11.3 Å². The van der Waals surface area contributed by atoms with Crippen LogP contribution in [0.3, 0.4) is 0 Å². The van der Waals surface area contributed by atoms with E-state index in [1.807, 2.05) is 13.2 Å². The number of thiazole rings is 1. The van der Waals surface area contributed by atoms with Crippen molar-refractivity contribution in [2.24, 2.45) is 23.9 Å². The highest BCUT2D eigenvalue weighted by Crippen LogP contribution is 2.35. The van der Waals surface area contributed by atoms with E-state index in [4.69, 9.17) is 0 Å². The lowest BCUT2D eigenvalue weighted by Crippen LogP contribution is -2.16. The van der Waals surface area contributed by atoms with Gasteiger partial charge in [0.15, 0.2) is 4.80 Å². The molecule has 2 aromatic rings. The summed E-state index contributed by atoms with van der Waals surface area (Å²) in [5.74, 6) is 0.812. The van der Waals surface area contributed by atoms with Gasteiger partial charge in [0.05, 0.1) is 11.9 Å². The van der Waals surface area contributed by atoms with Crippen LogP contribution >= 0.6 is 11.3 Å². The predicted molar refractivity (Wildman–Crippen MR) is 90.1 cm³/mol. The first-order chi connectivity index (χ1) is 11.0. The molecular formula is C17H22N4OS. The summed E-state index contributed by atoms with van der Waals surface area (Å²) in [5.41, 5.74) is 3.74. The van der Waals surface area contributed by atoms with Gasteiger partial charge in [-0.1, -0.05) is 13.8 Å². The van der Waals surface area contributed by atoms with E-state index in [2.05, 4.69) is 33.2 Å². The molecule has 0 N–H and O–H groups in total. The van der Waals surface area contributed by atoms with Crippen molar-refractivity contribution in [2.45, 2.75) is 46.1 Å². The molecule has 0 atom stereocenters. The summed E-state index contributed by atoms with van der Waals surface area (Å²) < 4.78 is 4.23. The number of nitrogens with zero attached hydrogens (tertiary/aromatic N) is 4. The van der Waals surface area contributed by atoms with Crippen molar-refractivity contribution < 1.29 is 4.79 Å². The molecule has 0 bridgehead atoms. The Balaban J connectivity index is 1.78. The number of aromatic nitrogens is 3. The van der Waals surface area contributed by atoms with E-state index in [0.717, 1.165) is 37.0 Å². The lowest BCUT2D eigenvalue weighted by molar-refractivity contribution is -0.119. The van der Waals surface area contributed by atoms with Gasteiger partial charge in [-0.3, -0.25) is 9.48 Å². The number of carbonyl (C=O) groups excluding carboxylic acids is 1. The Labute approximate surface area is 139 Å². The Bertz CT molecular complexity index is 835. The average molecular weight is 330 g/mol. The first-order valence-corrected chi connectivity index (χ1v) is 9.18. The van der Waals surface area contributed by atoms with Crippen LogP contribution < -0.4 is 4.80 Å². The second-order valence-electron chi connectivity index (χ2n) is 7.02. The Morgan fingerprint density at radius 1 is 1.43 bits per heavy atom. The minimum Gasteiger partial charge on any atom is -0.319 e. The van der Waals surface area contributed by atoms with Gasteiger partial charge in [-0.05, 0) is 31.6 Å². The highest BCUT2D eigenvalue weighted by Gasteiger charge is 2.30. The Kier molecular flexibility index (Phi) is 3.52. The van der Waals surface area contributed by atoms with Crippen LogP contribution in [0, 0.1) is 11.8 Å². The van der Waals surface area contributed by atoms with Gasteiger partial charge in [0.1, 0.15) is 0 Å². The van der Waals surface area contributed by atoms with Crippen molar-refractivity contribution in [2.75, 3.05) is 0 Å². The van der Waals surface area contributed by atoms with E-state index in [1.54, 1.807) is 11.3 Å². The first kappa shape index (κ1) is 14.9. The fraction of sp³-hybridized carbons (Fsp3) is 0.588. The molecule has 0 radical (unpaired) electrons. The smallest absolute Gasteiger partial charge is 0.251 e. The molecule has 122 valence electrons. The molecular weight excluding hydrogens is 308 g/mol. The molecule has 0 saturated heterocycles. The zero-order valence-electron chi connectivity index (χ0n) is 13.9. The summed E-state index contributed by atoms with van der Waals surface area (Å²) >= 11 is 1.66. The van der Waals surface area contributed by atoms with Gasteiger partial charge in [0.25, 0.3) is 5.91 Å². The van der Waals surface area contributed by atoms with Crippen LogP contribution in [0.4, 0.5) is 0 Å². The number of amides is 1. The normalized spacial score (nSPS) is 17.5. The lowest BCUT2D eigenvalue weighted by Gasteiger charge is -2.16. The van der Waals surface area contributed by atoms with Gasteiger partial charge in [-0.25, -0.2) is 0 Å². The summed E-state index contributed by atoms with van der Waals surface area (Å²) in [7, 11) is 2.02. The Hall–Kier alpha value is -1.69. The van der Waals surface area contributed by atoms with Crippen molar-refractivity contribution in [1.82, 2.24) is 14.3 Å². The summed E-state index contributed by atoms with van der Waals surface area (Å²) in [6, 6.07) is 0. The zero-order valence-corrected chi connectivity index (χ0v) is 14.7. The van der Waals surface area contributed by atoms with E-state index in [-0.39, 0.29) is 11.8 Å². The van der Waals surface area contributed by atoms with Crippen molar-refractivity contribution in [3.63, 3.8) is 0 Å².